The molecule has 1 aliphatic carbocycles. The van der Waals surface area contributed by atoms with Crippen molar-refractivity contribution in [1.82, 2.24) is 9.78 Å². The molecule has 0 aromatic carbocycles. The Kier molecular flexibility index (Phi) is 2.21. The van der Waals surface area contributed by atoms with Crippen LogP contribution in [0.5, 0.6) is 0 Å². The topological polar surface area (TPSA) is 34.9 Å². The number of rotatable bonds is 1. The van der Waals surface area contributed by atoms with Gasteiger partial charge in [-0.1, -0.05) is 20.8 Å². The normalized spacial score (nSPS) is 16.8. The molecule has 1 fully saturated rings. The molecular formula is C12H18N2O. The van der Waals surface area contributed by atoms with Gasteiger partial charge in [0, 0.05) is 18.5 Å². The van der Waals surface area contributed by atoms with E-state index in [0.29, 0.717) is 5.92 Å². The molecule has 0 radical (unpaired) electrons. The quantitative estimate of drug-likeness (QED) is 0.704. The maximum Gasteiger partial charge on any atom is 0.270 e. The zero-order valence-corrected chi connectivity index (χ0v) is 9.87. The monoisotopic (exact) mass is 206 g/mol. The molecule has 1 saturated carbocycles. The molecule has 2 rings (SSSR count). The summed E-state index contributed by atoms with van der Waals surface area (Å²) in [7, 11) is 1.74. The van der Waals surface area contributed by atoms with Gasteiger partial charge in [0.05, 0.1) is 5.69 Å². The molecule has 1 aromatic rings. The first kappa shape index (κ1) is 10.4. The highest BCUT2D eigenvalue weighted by molar-refractivity contribution is 5.25. The van der Waals surface area contributed by atoms with Crippen LogP contribution in [-0.2, 0) is 12.5 Å². The second-order valence-corrected chi connectivity index (χ2v) is 5.44. The van der Waals surface area contributed by atoms with Crippen molar-refractivity contribution in [3.63, 3.8) is 0 Å². The van der Waals surface area contributed by atoms with Gasteiger partial charge in [-0.05, 0) is 24.3 Å². The third-order valence-electron chi connectivity index (χ3n) is 2.89. The SMILES string of the molecule is Cn1nc(C2CC2)cc(C(C)(C)C)c1=O. The Bertz CT molecular complexity index is 436. The van der Waals surface area contributed by atoms with Crippen molar-refractivity contribution in [2.24, 2.45) is 7.05 Å². The third-order valence-corrected chi connectivity index (χ3v) is 2.89. The number of hydrogen-bond donors (Lipinski definition) is 0. The van der Waals surface area contributed by atoms with Crippen molar-refractivity contribution in [2.75, 3.05) is 0 Å². The van der Waals surface area contributed by atoms with Crippen LogP contribution in [0.15, 0.2) is 10.9 Å². The van der Waals surface area contributed by atoms with E-state index in [1.165, 1.54) is 17.5 Å². The van der Waals surface area contributed by atoms with Gasteiger partial charge in [-0.3, -0.25) is 4.79 Å². The molecule has 3 heteroatoms. The molecule has 15 heavy (non-hydrogen) atoms. The standard InChI is InChI=1S/C12H18N2O/c1-12(2,3)9-7-10(8-5-6-8)13-14(4)11(9)15/h7-8H,5-6H2,1-4H3. The van der Waals surface area contributed by atoms with Crippen LogP contribution < -0.4 is 5.56 Å². The van der Waals surface area contributed by atoms with Crippen molar-refractivity contribution in [2.45, 2.75) is 44.9 Å². The lowest BCUT2D eigenvalue weighted by Crippen LogP contribution is -2.31. The maximum atomic E-state index is 11.9. The zero-order chi connectivity index (χ0) is 11.2. The fraction of sp³-hybridized carbons (Fsp3) is 0.667. The second kappa shape index (κ2) is 3.19. The highest BCUT2D eigenvalue weighted by Crippen LogP contribution is 2.39. The Balaban J connectivity index is 2.57. The lowest BCUT2D eigenvalue weighted by Gasteiger charge is -2.19. The van der Waals surface area contributed by atoms with E-state index < -0.39 is 0 Å². The minimum absolute atomic E-state index is 0.0342. The van der Waals surface area contributed by atoms with E-state index in [4.69, 9.17) is 0 Å². The lowest BCUT2D eigenvalue weighted by atomic mass is 9.87. The van der Waals surface area contributed by atoms with Crippen molar-refractivity contribution in [3.05, 3.63) is 27.7 Å². The molecule has 0 amide bonds. The number of aryl methyl sites for hydroxylation is 1. The fourth-order valence-corrected chi connectivity index (χ4v) is 1.75. The van der Waals surface area contributed by atoms with Gasteiger partial charge in [-0.2, -0.15) is 5.10 Å². The van der Waals surface area contributed by atoms with E-state index in [1.54, 1.807) is 7.05 Å². The molecule has 0 aliphatic heterocycles. The molecule has 3 nitrogen and oxygen atoms in total. The Morgan fingerprint density at radius 2 is 2.00 bits per heavy atom. The predicted octanol–water partition coefficient (Wildman–Crippen LogP) is 1.96. The molecular weight excluding hydrogens is 188 g/mol. The molecule has 1 aromatic heterocycles. The molecule has 0 saturated heterocycles. The van der Waals surface area contributed by atoms with Crippen LogP contribution in [0.1, 0.15) is 50.8 Å². The molecule has 0 spiro atoms. The van der Waals surface area contributed by atoms with E-state index in [2.05, 4.69) is 25.9 Å². The van der Waals surface area contributed by atoms with Crippen molar-refractivity contribution in [1.29, 1.82) is 0 Å². The molecule has 0 N–H and O–H groups in total. The van der Waals surface area contributed by atoms with Gasteiger partial charge in [0.1, 0.15) is 0 Å². The largest absolute Gasteiger partial charge is 0.270 e. The molecule has 0 bridgehead atoms. The summed E-state index contributed by atoms with van der Waals surface area (Å²) in [5.41, 5.74) is 1.90. The molecule has 1 aliphatic rings. The summed E-state index contributed by atoms with van der Waals surface area (Å²) >= 11 is 0. The van der Waals surface area contributed by atoms with E-state index in [9.17, 15) is 4.79 Å². The van der Waals surface area contributed by atoms with Gasteiger partial charge in [-0.15, -0.1) is 0 Å². The van der Waals surface area contributed by atoms with E-state index in [-0.39, 0.29) is 11.0 Å². The van der Waals surface area contributed by atoms with Crippen molar-refractivity contribution < 1.29 is 0 Å². The predicted molar refractivity (Wildman–Crippen MR) is 60.2 cm³/mol. The number of nitrogens with zero attached hydrogens (tertiary/aromatic N) is 2. The Morgan fingerprint density at radius 3 is 2.47 bits per heavy atom. The van der Waals surface area contributed by atoms with Gasteiger partial charge in [-0.25, -0.2) is 4.68 Å². The zero-order valence-electron chi connectivity index (χ0n) is 9.87. The first-order chi connectivity index (χ1) is 6.89. The van der Waals surface area contributed by atoms with Gasteiger partial charge < -0.3 is 0 Å². The highest BCUT2D eigenvalue weighted by Gasteiger charge is 2.28. The first-order valence-electron chi connectivity index (χ1n) is 5.48. The number of hydrogen-bond acceptors (Lipinski definition) is 2. The van der Waals surface area contributed by atoms with E-state index in [1.807, 2.05) is 6.07 Å². The molecule has 1 heterocycles. The lowest BCUT2D eigenvalue weighted by molar-refractivity contribution is 0.553. The summed E-state index contributed by atoms with van der Waals surface area (Å²) in [5, 5.41) is 4.31. The van der Waals surface area contributed by atoms with Crippen LogP contribution >= 0.6 is 0 Å². The Labute approximate surface area is 90.1 Å². The van der Waals surface area contributed by atoms with Crippen LogP contribution in [0.4, 0.5) is 0 Å². The number of aromatic nitrogens is 2. The van der Waals surface area contributed by atoms with E-state index >= 15 is 0 Å². The molecule has 0 unspecified atom stereocenters. The average Bonchev–Trinajstić information content (AvgIpc) is 2.90. The minimum atomic E-state index is -0.0958. The van der Waals surface area contributed by atoms with Crippen LogP contribution in [0.2, 0.25) is 0 Å². The summed E-state index contributed by atoms with van der Waals surface area (Å²) in [6, 6.07) is 2.00. The van der Waals surface area contributed by atoms with Crippen LogP contribution in [-0.4, -0.2) is 9.78 Å². The summed E-state index contributed by atoms with van der Waals surface area (Å²) in [5.74, 6) is 0.595. The summed E-state index contributed by atoms with van der Waals surface area (Å²) in [6.45, 7) is 6.21. The Morgan fingerprint density at radius 1 is 1.40 bits per heavy atom. The maximum absolute atomic E-state index is 11.9. The van der Waals surface area contributed by atoms with Crippen molar-refractivity contribution >= 4 is 0 Å². The van der Waals surface area contributed by atoms with E-state index in [0.717, 1.165) is 11.3 Å². The summed E-state index contributed by atoms with van der Waals surface area (Å²) in [6.07, 6.45) is 2.43. The van der Waals surface area contributed by atoms with Gasteiger partial charge in [0.25, 0.3) is 5.56 Å². The van der Waals surface area contributed by atoms with Crippen LogP contribution in [0.3, 0.4) is 0 Å². The molecule has 82 valence electrons. The van der Waals surface area contributed by atoms with Crippen molar-refractivity contribution in [3.8, 4) is 0 Å². The van der Waals surface area contributed by atoms with Gasteiger partial charge >= 0.3 is 0 Å². The summed E-state index contributed by atoms with van der Waals surface area (Å²) in [4.78, 5) is 11.9. The van der Waals surface area contributed by atoms with Gasteiger partial charge in [0.2, 0.25) is 0 Å². The van der Waals surface area contributed by atoms with Crippen LogP contribution in [0, 0.1) is 0 Å². The van der Waals surface area contributed by atoms with Crippen LogP contribution in [0.25, 0.3) is 0 Å². The smallest absolute Gasteiger partial charge is 0.267 e. The third kappa shape index (κ3) is 1.96. The second-order valence-electron chi connectivity index (χ2n) is 5.44. The van der Waals surface area contributed by atoms with Gasteiger partial charge in [0.15, 0.2) is 0 Å². The average molecular weight is 206 g/mol. The highest BCUT2D eigenvalue weighted by atomic mass is 16.1. The summed E-state index contributed by atoms with van der Waals surface area (Å²) < 4.78 is 1.48. The first-order valence-corrected chi connectivity index (χ1v) is 5.48. The minimum Gasteiger partial charge on any atom is -0.267 e. The fourth-order valence-electron chi connectivity index (χ4n) is 1.75. The molecule has 0 atom stereocenters. The Hall–Kier alpha value is -1.12.